The van der Waals surface area contributed by atoms with E-state index in [2.05, 4.69) is 11.1 Å². The van der Waals surface area contributed by atoms with Gasteiger partial charge in [-0.1, -0.05) is 18.2 Å². The second-order valence-electron chi connectivity index (χ2n) is 5.37. The van der Waals surface area contributed by atoms with Crippen LogP contribution < -0.4 is 5.43 Å². The minimum Gasteiger partial charge on any atom is -0.339 e. The first-order valence-electron chi connectivity index (χ1n) is 7.05. The average molecular weight is 285 g/mol. The van der Waals surface area contributed by atoms with Gasteiger partial charge in [0.15, 0.2) is 0 Å². The van der Waals surface area contributed by atoms with Gasteiger partial charge in [0.2, 0.25) is 5.43 Å². The summed E-state index contributed by atoms with van der Waals surface area (Å²) in [6, 6.07) is 7.91. The van der Waals surface area contributed by atoms with Crippen molar-refractivity contribution < 1.29 is 0 Å². The standard InChI is InChI=1S/C17H19NOS/c1-3-10-18-14-7-5-4-6-13(14)16(19)17(20-2)15(18)11-12-8-9-12/h3-7,12H,1,8-11H2,2H3. The van der Waals surface area contributed by atoms with Crippen LogP contribution in [0.4, 0.5) is 0 Å². The van der Waals surface area contributed by atoms with Gasteiger partial charge in [0.25, 0.3) is 0 Å². The van der Waals surface area contributed by atoms with Crippen LogP contribution in [-0.4, -0.2) is 10.8 Å². The fourth-order valence-corrected chi connectivity index (χ4v) is 3.49. The third-order valence-electron chi connectivity index (χ3n) is 3.93. The van der Waals surface area contributed by atoms with E-state index < -0.39 is 0 Å². The van der Waals surface area contributed by atoms with Gasteiger partial charge in [-0.15, -0.1) is 18.3 Å². The van der Waals surface area contributed by atoms with Crippen LogP contribution in [0.5, 0.6) is 0 Å². The molecule has 0 N–H and O–H groups in total. The summed E-state index contributed by atoms with van der Waals surface area (Å²) in [6.45, 7) is 4.63. The topological polar surface area (TPSA) is 22.0 Å². The van der Waals surface area contributed by atoms with Crippen LogP contribution in [0.3, 0.4) is 0 Å². The number of pyridine rings is 1. The van der Waals surface area contributed by atoms with Crippen molar-refractivity contribution in [3.8, 4) is 0 Å². The highest BCUT2D eigenvalue weighted by Crippen LogP contribution is 2.35. The number of nitrogens with zero attached hydrogens (tertiary/aromatic N) is 1. The fourth-order valence-electron chi connectivity index (χ4n) is 2.77. The highest BCUT2D eigenvalue weighted by Gasteiger charge is 2.26. The first-order valence-corrected chi connectivity index (χ1v) is 8.28. The molecule has 1 fully saturated rings. The number of thioether (sulfide) groups is 1. The maximum atomic E-state index is 12.7. The van der Waals surface area contributed by atoms with Gasteiger partial charge in [-0.2, -0.15) is 0 Å². The average Bonchev–Trinajstić information content (AvgIpc) is 3.28. The van der Waals surface area contributed by atoms with E-state index in [9.17, 15) is 4.79 Å². The second kappa shape index (κ2) is 5.49. The minimum absolute atomic E-state index is 0.184. The molecule has 0 saturated heterocycles. The molecule has 0 atom stereocenters. The van der Waals surface area contributed by atoms with E-state index in [4.69, 9.17) is 0 Å². The lowest BCUT2D eigenvalue weighted by atomic mass is 10.1. The molecule has 0 aliphatic heterocycles. The molecule has 1 aromatic carbocycles. The van der Waals surface area contributed by atoms with Gasteiger partial charge >= 0.3 is 0 Å². The minimum atomic E-state index is 0.184. The Labute approximate surface area is 123 Å². The molecule has 0 unspecified atom stereocenters. The molecule has 0 amide bonds. The fraction of sp³-hybridized carbons (Fsp3) is 0.353. The Hall–Kier alpha value is -1.48. The lowest BCUT2D eigenvalue weighted by molar-refractivity contribution is 0.694. The zero-order valence-electron chi connectivity index (χ0n) is 11.8. The number of fused-ring (bicyclic) bond motifs is 1. The number of benzene rings is 1. The number of allylic oxidation sites excluding steroid dienone is 1. The molecule has 2 aromatic rings. The quantitative estimate of drug-likeness (QED) is 0.614. The molecule has 1 aliphatic rings. The maximum absolute atomic E-state index is 12.7. The number of aromatic nitrogens is 1. The predicted molar refractivity (Wildman–Crippen MR) is 86.6 cm³/mol. The summed E-state index contributed by atoms with van der Waals surface area (Å²) >= 11 is 1.58. The summed E-state index contributed by atoms with van der Waals surface area (Å²) in [7, 11) is 0. The van der Waals surface area contributed by atoms with Crippen molar-refractivity contribution in [2.24, 2.45) is 5.92 Å². The Balaban J connectivity index is 2.33. The lowest BCUT2D eigenvalue weighted by Gasteiger charge is -2.18. The van der Waals surface area contributed by atoms with Crippen LogP contribution in [0, 0.1) is 5.92 Å². The molecule has 1 aromatic heterocycles. The lowest BCUT2D eigenvalue weighted by Crippen LogP contribution is -2.18. The van der Waals surface area contributed by atoms with Crippen molar-refractivity contribution in [3.05, 3.63) is 52.8 Å². The highest BCUT2D eigenvalue weighted by atomic mass is 32.2. The largest absolute Gasteiger partial charge is 0.339 e. The molecule has 2 nitrogen and oxygen atoms in total. The zero-order valence-corrected chi connectivity index (χ0v) is 12.6. The Bertz CT molecular complexity index is 713. The summed E-state index contributed by atoms with van der Waals surface area (Å²) in [5, 5.41) is 0.818. The van der Waals surface area contributed by atoms with Crippen molar-refractivity contribution in [1.82, 2.24) is 4.57 Å². The molecule has 3 rings (SSSR count). The molecular weight excluding hydrogens is 266 g/mol. The molecule has 3 heteroatoms. The Kier molecular flexibility index (Phi) is 3.70. The molecular formula is C17H19NOS. The van der Waals surface area contributed by atoms with Gasteiger partial charge in [-0.3, -0.25) is 4.79 Å². The van der Waals surface area contributed by atoms with Gasteiger partial charge in [-0.05, 0) is 43.6 Å². The van der Waals surface area contributed by atoms with Crippen LogP contribution in [0.15, 0.2) is 46.6 Å². The van der Waals surface area contributed by atoms with E-state index in [0.717, 1.165) is 34.7 Å². The molecule has 0 bridgehead atoms. The van der Waals surface area contributed by atoms with Gasteiger partial charge in [0, 0.05) is 17.6 Å². The first kappa shape index (κ1) is 13.5. The number of rotatable bonds is 5. The van der Waals surface area contributed by atoms with Crippen LogP contribution in [0.25, 0.3) is 10.9 Å². The van der Waals surface area contributed by atoms with Crippen LogP contribution in [-0.2, 0) is 13.0 Å². The van der Waals surface area contributed by atoms with Gasteiger partial charge in [-0.25, -0.2) is 0 Å². The summed E-state index contributed by atoms with van der Waals surface area (Å²) < 4.78 is 2.27. The van der Waals surface area contributed by atoms with Crippen molar-refractivity contribution in [3.63, 3.8) is 0 Å². The van der Waals surface area contributed by atoms with Crippen molar-refractivity contribution >= 4 is 22.7 Å². The van der Waals surface area contributed by atoms with Gasteiger partial charge < -0.3 is 4.57 Å². The highest BCUT2D eigenvalue weighted by molar-refractivity contribution is 7.98. The van der Waals surface area contributed by atoms with Gasteiger partial charge in [0.1, 0.15) is 0 Å². The Morgan fingerprint density at radius 3 is 2.80 bits per heavy atom. The van der Waals surface area contributed by atoms with Crippen LogP contribution >= 0.6 is 11.8 Å². The monoisotopic (exact) mass is 285 g/mol. The number of hydrogen-bond donors (Lipinski definition) is 0. The maximum Gasteiger partial charge on any atom is 0.203 e. The molecule has 1 saturated carbocycles. The van der Waals surface area contributed by atoms with Crippen molar-refractivity contribution in [1.29, 1.82) is 0 Å². The summed E-state index contributed by atoms with van der Waals surface area (Å²) in [5.41, 5.74) is 2.42. The summed E-state index contributed by atoms with van der Waals surface area (Å²) in [5.74, 6) is 0.762. The van der Waals surface area contributed by atoms with E-state index in [0.29, 0.717) is 0 Å². The molecule has 1 heterocycles. The molecule has 104 valence electrons. The summed E-state index contributed by atoms with van der Waals surface area (Å²) in [6.07, 6.45) is 7.52. The Morgan fingerprint density at radius 1 is 1.40 bits per heavy atom. The third-order valence-corrected chi connectivity index (χ3v) is 4.76. The van der Waals surface area contributed by atoms with Crippen molar-refractivity contribution in [2.75, 3.05) is 6.26 Å². The summed E-state index contributed by atoms with van der Waals surface area (Å²) in [4.78, 5) is 13.6. The number of para-hydroxylation sites is 1. The van der Waals surface area contributed by atoms with E-state index >= 15 is 0 Å². The van der Waals surface area contributed by atoms with Crippen molar-refractivity contribution in [2.45, 2.75) is 30.7 Å². The van der Waals surface area contributed by atoms with E-state index in [1.54, 1.807) is 11.8 Å². The van der Waals surface area contributed by atoms with E-state index in [1.165, 1.54) is 18.5 Å². The number of hydrogen-bond acceptors (Lipinski definition) is 2. The second-order valence-corrected chi connectivity index (χ2v) is 6.19. The molecule has 0 spiro atoms. The smallest absolute Gasteiger partial charge is 0.203 e. The molecule has 1 aliphatic carbocycles. The Morgan fingerprint density at radius 2 is 2.15 bits per heavy atom. The molecule has 0 radical (unpaired) electrons. The zero-order chi connectivity index (χ0) is 14.1. The van der Waals surface area contributed by atoms with E-state index in [1.807, 2.05) is 36.6 Å². The van der Waals surface area contributed by atoms with Crippen LogP contribution in [0.2, 0.25) is 0 Å². The third kappa shape index (κ3) is 2.31. The first-order chi connectivity index (χ1) is 9.76. The predicted octanol–water partition coefficient (Wildman–Crippen LogP) is 3.86. The van der Waals surface area contributed by atoms with Crippen LogP contribution in [0.1, 0.15) is 18.5 Å². The van der Waals surface area contributed by atoms with Gasteiger partial charge in [0.05, 0.1) is 10.4 Å². The SMILES string of the molecule is C=CCn1c(CC2CC2)c(SC)c(=O)c2ccccc21. The molecule has 20 heavy (non-hydrogen) atoms. The van der Waals surface area contributed by atoms with E-state index in [-0.39, 0.29) is 5.43 Å². The normalized spacial score (nSPS) is 14.7.